The van der Waals surface area contributed by atoms with E-state index in [2.05, 4.69) is 15.4 Å². The van der Waals surface area contributed by atoms with Gasteiger partial charge in [-0.2, -0.15) is 5.10 Å². The van der Waals surface area contributed by atoms with Gasteiger partial charge in [0.05, 0.1) is 0 Å². The molecule has 5 nitrogen and oxygen atoms in total. The Labute approximate surface area is 136 Å². The lowest BCUT2D eigenvalue weighted by molar-refractivity contribution is -0.121. The summed E-state index contributed by atoms with van der Waals surface area (Å²) >= 11 is 0. The maximum Gasteiger partial charge on any atom is 0.228 e. The van der Waals surface area contributed by atoms with Crippen LogP contribution >= 0.6 is 0 Å². The highest BCUT2D eigenvalue weighted by atomic mass is 16.2. The monoisotopic (exact) mass is 310 g/mol. The fraction of sp³-hybridized carbons (Fsp3) is 0.500. The molecule has 2 saturated carbocycles. The Morgan fingerprint density at radius 3 is 2.83 bits per heavy atom. The molecule has 0 saturated heterocycles. The zero-order valence-corrected chi connectivity index (χ0v) is 13.2. The van der Waals surface area contributed by atoms with Crippen LogP contribution < -0.4 is 5.32 Å². The minimum Gasteiger partial charge on any atom is -0.309 e. The first-order valence-corrected chi connectivity index (χ1v) is 8.51. The zero-order chi connectivity index (χ0) is 15.6. The third-order valence-corrected chi connectivity index (χ3v) is 5.35. The zero-order valence-electron chi connectivity index (χ0n) is 13.2. The SMILES string of the molecule is O=C(Nc1ccn(CCc2ccncc2)n1)C1CC2CCC1C2. The van der Waals surface area contributed by atoms with E-state index in [0.717, 1.165) is 25.3 Å². The van der Waals surface area contributed by atoms with Crippen LogP contribution in [-0.4, -0.2) is 20.7 Å². The smallest absolute Gasteiger partial charge is 0.228 e. The number of hydrogen-bond acceptors (Lipinski definition) is 3. The number of anilines is 1. The molecule has 2 bridgehead atoms. The van der Waals surface area contributed by atoms with Crippen molar-refractivity contribution in [2.45, 2.75) is 38.6 Å². The minimum atomic E-state index is 0.164. The van der Waals surface area contributed by atoms with Gasteiger partial charge >= 0.3 is 0 Å². The normalized spacial score (nSPS) is 25.7. The second-order valence-electron chi connectivity index (χ2n) is 6.84. The van der Waals surface area contributed by atoms with Gasteiger partial charge in [-0.1, -0.05) is 6.42 Å². The Morgan fingerprint density at radius 2 is 2.09 bits per heavy atom. The summed E-state index contributed by atoms with van der Waals surface area (Å²) in [5.41, 5.74) is 1.24. The molecule has 0 aromatic carbocycles. The number of fused-ring (bicyclic) bond motifs is 2. The Hall–Kier alpha value is -2.17. The number of aromatic nitrogens is 3. The van der Waals surface area contributed by atoms with Crippen molar-refractivity contribution in [2.24, 2.45) is 17.8 Å². The van der Waals surface area contributed by atoms with Gasteiger partial charge in [0.2, 0.25) is 5.91 Å². The Bertz CT molecular complexity index is 681. The van der Waals surface area contributed by atoms with Gasteiger partial charge in [-0.05, 0) is 55.2 Å². The third-order valence-electron chi connectivity index (χ3n) is 5.35. The molecule has 3 unspecified atom stereocenters. The standard InChI is InChI=1S/C18H22N4O/c23-18(16-12-14-1-2-15(16)11-14)20-17-6-10-22(21-17)9-5-13-3-7-19-8-4-13/h3-4,6-8,10,14-16H,1-2,5,9,11-12H2,(H,20,21,23). The second-order valence-corrected chi connectivity index (χ2v) is 6.84. The molecule has 0 spiro atoms. The van der Waals surface area contributed by atoms with Crippen LogP contribution in [0, 0.1) is 17.8 Å². The molecule has 2 fully saturated rings. The van der Waals surface area contributed by atoms with Crippen LogP contribution in [0.5, 0.6) is 0 Å². The highest BCUT2D eigenvalue weighted by Gasteiger charge is 2.43. The second kappa shape index (κ2) is 6.14. The van der Waals surface area contributed by atoms with Crippen LogP contribution in [-0.2, 0) is 17.8 Å². The van der Waals surface area contributed by atoms with Crippen molar-refractivity contribution in [3.63, 3.8) is 0 Å². The number of rotatable bonds is 5. The first kappa shape index (κ1) is 14.4. The van der Waals surface area contributed by atoms with Crippen molar-refractivity contribution in [3.05, 3.63) is 42.4 Å². The van der Waals surface area contributed by atoms with Crippen molar-refractivity contribution in [3.8, 4) is 0 Å². The highest BCUT2D eigenvalue weighted by Crippen LogP contribution is 2.48. The molecular weight excluding hydrogens is 288 g/mol. The van der Waals surface area contributed by atoms with E-state index in [-0.39, 0.29) is 11.8 Å². The molecule has 1 amide bonds. The summed E-state index contributed by atoms with van der Waals surface area (Å²) in [4.78, 5) is 16.4. The van der Waals surface area contributed by atoms with Crippen molar-refractivity contribution in [1.82, 2.24) is 14.8 Å². The molecule has 23 heavy (non-hydrogen) atoms. The van der Waals surface area contributed by atoms with Gasteiger partial charge in [0.15, 0.2) is 5.82 Å². The van der Waals surface area contributed by atoms with Crippen LogP contribution in [0.25, 0.3) is 0 Å². The number of nitrogens with zero attached hydrogens (tertiary/aromatic N) is 3. The molecule has 2 aliphatic rings. The summed E-state index contributed by atoms with van der Waals surface area (Å²) in [5.74, 6) is 2.43. The van der Waals surface area contributed by atoms with Gasteiger partial charge in [0, 0.05) is 37.1 Å². The lowest BCUT2D eigenvalue weighted by atomic mass is 9.88. The van der Waals surface area contributed by atoms with Crippen molar-refractivity contribution < 1.29 is 4.79 Å². The summed E-state index contributed by atoms with van der Waals surface area (Å²) < 4.78 is 1.89. The summed E-state index contributed by atoms with van der Waals surface area (Å²) in [6.45, 7) is 0.800. The van der Waals surface area contributed by atoms with Crippen LogP contribution in [0.4, 0.5) is 5.82 Å². The lowest BCUT2D eigenvalue weighted by Crippen LogP contribution is -2.27. The van der Waals surface area contributed by atoms with E-state index >= 15 is 0 Å². The van der Waals surface area contributed by atoms with Crippen LogP contribution in [0.15, 0.2) is 36.8 Å². The molecule has 5 heteroatoms. The number of amides is 1. The van der Waals surface area contributed by atoms with E-state index in [1.54, 1.807) is 12.4 Å². The Balaban J connectivity index is 1.32. The quantitative estimate of drug-likeness (QED) is 0.923. The minimum absolute atomic E-state index is 0.164. The van der Waals surface area contributed by atoms with Crippen molar-refractivity contribution in [1.29, 1.82) is 0 Å². The average Bonchev–Trinajstić information content (AvgIpc) is 3.30. The Kier molecular flexibility index (Phi) is 3.85. The number of carbonyl (C=O) groups is 1. The molecule has 2 aromatic rings. The molecule has 2 aliphatic carbocycles. The van der Waals surface area contributed by atoms with Gasteiger partial charge in [0.25, 0.3) is 0 Å². The summed E-state index contributed by atoms with van der Waals surface area (Å²) in [5, 5.41) is 7.47. The molecule has 0 radical (unpaired) electrons. The fourth-order valence-electron chi connectivity index (χ4n) is 4.13. The van der Waals surface area contributed by atoms with Crippen LogP contribution in [0.1, 0.15) is 31.2 Å². The van der Waals surface area contributed by atoms with Gasteiger partial charge < -0.3 is 5.32 Å². The maximum absolute atomic E-state index is 12.4. The number of nitrogens with one attached hydrogen (secondary N) is 1. The largest absolute Gasteiger partial charge is 0.309 e. The maximum atomic E-state index is 12.4. The summed E-state index contributed by atoms with van der Waals surface area (Å²) in [6, 6.07) is 5.92. The summed E-state index contributed by atoms with van der Waals surface area (Å²) in [6.07, 6.45) is 11.3. The molecule has 2 aromatic heterocycles. The Morgan fingerprint density at radius 1 is 1.22 bits per heavy atom. The first-order chi connectivity index (χ1) is 11.3. The summed E-state index contributed by atoms with van der Waals surface area (Å²) in [7, 11) is 0. The molecule has 3 atom stereocenters. The fourth-order valence-corrected chi connectivity index (χ4v) is 4.13. The highest BCUT2D eigenvalue weighted by molar-refractivity contribution is 5.92. The lowest BCUT2D eigenvalue weighted by Gasteiger charge is -2.20. The van der Waals surface area contributed by atoms with E-state index in [1.165, 1.54) is 24.8 Å². The molecule has 2 heterocycles. The van der Waals surface area contributed by atoms with E-state index in [1.807, 2.05) is 29.1 Å². The molecule has 4 rings (SSSR count). The number of carbonyl (C=O) groups excluding carboxylic acids is 1. The van der Waals surface area contributed by atoms with Gasteiger partial charge in [0.1, 0.15) is 0 Å². The topological polar surface area (TPSA) is 59.8 Å². The predicted molar refractivity (Wildman–Crippen MR) is 87.7 cm³/mol. The number of pyridine rings is 1. The van der Waals surface area contributed by atoms with Crippen molar-refractivity contribution in [2.75, 3.05) is 5.32 Å². The number of aryl methyl sites for hydroxylation is 2. The predicted octanol–water partition coefficient (Wildman–Crippen LogP) is 2.90. The van der Waals surface area contributed by atoms with Gasteiger partial charge in [-0.15, -0.1) is 0 Å². The molecule has 0 aliphatic heterocycles. The first-order valence-electron chi connectivity index (χ1n) is 8.51. The van der Waals surface area contributed by atoms with E-state index in [4.69, 9.17) is 0 Å². The van der Waals surface area contributed by atoms with Crippen LogP contribution in [0.2, 0.25) is 0 Å². The third kappa shape index (κ3) is 3.14. The number of hydrogen-bond donors (Lipinski definition) is 1. The molecule has 120 valence electrons. The van der Waals surface area contributed by atoms with Gasteiger partial charge in [-0.3, -0.25) is 14.5 Å². The molecular formula is C18H22N4O. The van der Waals surface area contributed by atoms with Crippen LogP contribution in [0.3, 0.4) is 0 Å². The van der Waals surface area contributed by atoms with E-state index in [9.17, 15) is 4.79 Å². The van der Waals surface area contributed by atoms with E-state index < -0.39 is 0 Å². The molecule has 1 N–H and O–H groups in total. The van der Waals surface area contributed by atoms with E-state index in [0.29, 0.717) is 11.7 Å². The average molecular weight is 310 g/mol. The van der Waals surface area contributed by atoms with Crippen molar-refractivity contribution >= 4 is 11.7 Å². The van der Waals surface area contributed by atoms with Gasteiger partial charge in [-0.25, -0.2) is 0 Å².